The van der Waals surface area contributed by atoms with Crippen LogP contribution < -0.4 is 5.73 Å². The van der Waals surface area contributed by atoms with Crippen LogP contribution in [0.2, 0.25) is 0 Å². The molecule has 0 unspecified atom stereocenters. The van der Waals surface area contributed by atoms with Gasteiger partial charge in [-0.1, -0.05) is 50.1 Å². The Kier molecular flexibility index (Phi) is 14.2. The molecule has 2 nitrogen and oxygen atoms in total. The Labute approximate surface area is 219 Å². The maximum Gasteiger partial charge on any atom is 0.416 e. The van der Waals surface area contributed by atoms with Crippen molar-refractivity contribution in [2.45, 2.75) is 78.9 Å². The van der Waals surface area contributed by atoms with Gasteiger partial charge in [0.15, 0.2) is 0 Å². The average molecular weight is 525 g/mol. The van der Waals surface area contributed by atoms with E-state index in [1.807, 2.05) is 27.0 Å². The second-order valence-electron chi connectivity index (χ2n) is 9.01. The Morgan fingerprint density at radius 1 is 1.08 bits per heavy atom. The van der Waals surface area contributed by atoms with Crippen molar-refractivity contribution in [2.75, 3.05) is 13.6 Å². The molecule has 0 spiro atoms. The molecular weight excluding hydrogens is 483 g/mol. The molecule has 0 bridgehead atoms. The molecule has 0 atom stereocenters. The van der Waals surface area contributed by atoms with Gasteiger partial charge in [0.25, 0.3) is 0 Å². The smallest absolute Gasteiger partial charge is 0.378 e. The maximum absolute atomic E-state index is 14.8. The number of allylic oxidation sites excluding steroid dienone is 10. The van der Waals surface area contributed by atoms with Crippen molar-refractivity contribution in [1.29, 1.82) is 0 Å². The van der Waals surface area contributed by atoms with Crippen molar-refractivity contribution in [1.82, 2.24) is 4.90 Å². The summed E-state index contributed by atoms with van der Waals surface area (Å²) < 4.78 is 67.4. The van der Waals surface area contributed by atoms with Crippen molar-refractivity contribution in [3.63, 3.8) is 0 Å². The Balaban J connectivity index is 0.000000635. The van der Waals surface area contributed by atoms with E-state index < -0.39 is 17.6 Å². The number of rotatable bonds is 7. The van der Waals surface area contributed by atoms with E-state index in [9.17, 15) is 22.0 Å². The second-order valence-corrected chi connectivity index (χ2v) is 9.01. The third-order valence-electron chi connectivity index (χ3n) is 6.22. The Morgan fingerprint density at radius 3 is 2.24 bits per heavy atom. The summed E-state index contributed by atoms with van der Waals surface area (Å²) in [6, 6.07) is 6.16. The molecule has 0 saturated carbocycles. The molecule has 1 aromatic carbocycles. The molecule has 0 aliphatic carbocycles. The first-order chi connectivity index (χ1) is 17.5. The summed E-state index contributed by atoms with van der Waals surface area (Å²) in [6.07, 6.45) is 5.60. The van der Waals surface area contributed by atoms with E-state index in [2.05, 4.69) is 4.90 Å². The Bertz CT molecular complexity index is 996. The van der Waals surface area contributed by atoms with Gasteiger partial charge in [-0.15, -0.1) is 0 Å². The number of hydrogen-bond donors (Lipinski definition) is 1. The topological polar surface area (TPSA) is 29.3 Å². The van der Waals surface area contributed by atoms with Crippen molar-refractivity contribution in [3.05, 3.63) is 93.8 Å². The second kappa shape index (κ2) is 16.2. The molecule has 0 amide bonds. The number of nitrogens with two attached hydrogens (primary N) is 1. The van der Waals surface area contributed by atoms with Crippen LogP contribution in [0.5, 0.6) is 0 Å². The van der Waals surface area contributed by atoms with E-state index in [0.717, 1.165) is 61.2 Å². The van der Waals surface area contributed by atoms with Crippen molar-refractivity contribution in [2.24, 2.45) is 5.73 Å². The fourth-order valence-corrected chi connectivity index (χ4v) is 3.82. The number of nitrogens with zero attached hydrogens (tertiary/aromatic N) is 1. The van der Waals surface area contributed by atoms with E-state index in [0.29, 0.717) is 18.5 Å². The molecule has 1 fully saturated rings. The van der Waals surface area contributed by atoms with Gasteiger partial charge >= 0.3 is 6.18 Å². The first kappa shape index (κ1) is 32.4. The zero-order chi connectivity index (χ0) is 28.0. The lowest BCUT2D eigenvalue weighted by Crippen LogP contribution is -2.17. The summed E-state index contributed by atoms with van der Waals surface area (Å²) in [5, 5.41) is 0. The number of likely N-dealkylation sites (tertiary alicyclic amines) is 1. The zero-order valence-electron chi connectivity index (χ0n) is 22.7. The highest BCUT2D eigenvalue weighted by Gasteiger charge is 2.32. The van der Waals surface area contributed by atoms with Crippen LogP contribution in [0.25, 0.3) is 0 Å². The van der Waals surface area contributed by atoms with Crippen molar-refractivity contribution >= 4 is 0 Å². The summed E-state index contributed by atoms with van der Waals surface area (Å²) in [5.74, 6) is -0.852. The van der Waals surface area contributed by atoms with Gasteiger partial charge in [0.05, 0.1) is 5.57 Å². The third-order valence-corrected chi connectivity index (χ3v) is 6.22. The summed E-state index contributed by atoms with van der Waals surface area (Å²) >= 11 is 0. The van der Waals surface area contributed by atoms with Crippen LogP contribution in [0, 0.1) is 5.82 Å². The van der Waals surface area contributed by atoms with E-state index in [4.69, 9.17) is 5.73 Å². The quantitative estimate of drug-likeness (QED) is 0.285. The molecule has 1 saturated heterocycles. The minimum atomic E-state index is -4.52. The zero-order valence-corrected chi connectivity index (χ0v) is 22.7. The van der Waals surface area contributed by atoms with E-state index in [-0.39, 0.29) is 17.8 Å². The van der Waals surface area contributed by atoms with Gasteiger partial charge in [0.2, 0.25) is 0 Å². The lowest BCUT2D eigenvalue weighted by molar-refractivity contribution is -0.0884. The monoisotopic (exact) mass is 524 g/mol. The molecule has 7 heteroatoms. The fraction of sp³-hybridized carbons (Fsp3) is 0.467. The van der Waals surface area contributed by atoms with E-state index in [1.54, 1.807) is 19.1 Å². The van der Waals surface area contributed by atoms with Crippen LogP contribution in [-0.2, 0) is 6.54 Å². The van der Waals surface area contributed by atoms with Gasteiger partial charge in [-0.25, -0.2) is 8.78 Å². The lowest BCUT2D eigenvalue weighted by atomic mass is 9.93. The van der Waals surface area contributed by atoms with Crippen molar-refractivity contribution < 1.29 is 22.0 Å². The number of alkyl halides is 3. The van der Waals surface area contributed by atoms with Gasteiger partial charge < -0.3 is 10.6 Å². The van der Waals surface area contributed by atoms with Gasteiger partial charge in [-0.3, -0.25) is 0 Å². The van der Waals surface area contributed by atoms with Crippen LogP contribution >= 0.6 is 0 Å². The Morgan fingerprint density at radius 2 is 1.73 bits per heavy atom. The molecular formula is C30H41F5N2. The van der Waals surface area contributed by atoms with E-state index >= 15 is 0 Å². The predicted molar refractivity (Wildman–Crippen MR) is 144 cm³/mol. The number of benzene rings is 1. The van der Waals surface area contributed by atoms with Gasteiger partial charge in [-0.05, 0) is 81.4 Å². The minimum Gasteiger partial charge on any atom is -0.378 e. The molecule has 2 N–H and O–H groups in total. The van der Waals surface area contributed by atoms with Crippen LogP contribution in [0.4, 0.5) is 22.0 Å². The molecule has 1 aliphatic heterocycles. The summed E-state index contributed by atoms with van der Waals surface area (Å²) in [7, 11) is 1.99. The molecule has 1 aliphatic rings. The molecule has 0 radical (unpaired) electrons. The predicted octanol–water partition coefficient (Wildman–Crippen LogP) is 9.09. The van der Waals surface area contributed by atoms with Crippen LogP contribution in [0.1, 0.15) is 71.8 Å². The normalized spacial score (nSPS) is 17.8. The maximum atomic E-state index is 14.8. The summed E-state index contributed by atoms with van der Waals surface area (Å²) in [5.41, 5.74) is 7.89. The first-order valence-corrected chi connectivity index (χ1v) is 12.9. The highest BCUT2D eigenvalue weighted by molar-refractivity contribution is 5.55. The average Bonchev–Trinajstić information content (AvgIpc) is 3.08. The van der Waals surface area contributed by atoms with Gasteiger partial charge in [0.1, 0.15) is 11.6 Å². The summed E-state index contributed by atoms with van der Waals surface area (Å²) in [6.45, 7) is 8.31. The molecule has 206 valence electrons. The first-order valence-electron chi connectivity index (χ1n) is 12.9. The molecule has 37 heavy (non-hydrogen) atoms. The Hall–Kier alpha value is -2.67. The third kappa shape index (κ3) is 11.1. The molecule has 1 heterocycles. The standard InChI is InChI=1S/C23H33F4N.C7H8FN/c1-6-12-18(23(25,26)27)15-21(22(24)8-3)20(17(4)7-2)16-19-13-10-9-11-14-28(19)5;8-7-3-1-6(5-9)2-4-7/h8,12,15-16H,6-7,9-11,13-14H2,1-5H3;1-4H,5,9H2/b18-12-,19-16-,20-17?,21-15-,22-8+;. The SMILES string of the molecule is C\C=C(F)/C(=C\C(=C\CC)C(F)(F)F)C(/C=C1/CCCCCN1C)=C(C)CC.NCc1ccc(F)cc1. The largest absolute Gasteiger partial charge is 0.416 e. The minimum absolute atomic E-state index is 0.00372. The lowest BCUT2D eigenvalue weighted by Gasteiger charge is -2.22. The molecule has 2 rings (SSSR count). The number of hydrogen-bond acceptors (Lipinski definition) is 2. The van der Waals surface area contributed by atoms with Gasteiger partial charge in [-0.2, -0.15) is 13.2 Å². The van der Waals surface area contributed by atoms with E-state index in [1.165, 1.54) is 25.1 Å². The van der Waals surface area contributed by atoms with Crippen LogP contribution in [0.3, 0.4) is 0 Å². The summed E-state index contributed by atoms with van der Waals surface area (Å²) in [4.78, 5) is 2.13. The van der Waals surface area contributed by atoms with Crippen LogP contribution in [-0.4, -0.2) is 24.7 Å². The van der Waals surface area contributed by atoms with Crippen LogP contribution in [0.15, 0.2) is 82.4 Å². The van der Waals surface area contributed by atoms with Crippen molar-refractivity contribution in [3.8, 4) is 0 Å². The highest BCUT2D eigenvalue weighted by atomic mass is 19.4. The molecule has 1 aromatic rings. The number of halogens is 5. The fourth-order valence-electron chi connectivity index (χ4n) is 3.82. The molecule has 0 aromatic heterocycles. The van der Waals surface area contributed by atoms with Gasteiger partial charge in [0, 0.05) is 31.4 Å². The highest BCUT2D eigenvalue weighted by Crippen LogP contribution is 2.34.